The molecule has 4 heteroatoms. The third-order valence-electron chi connectivity index (χ3n) is 5.34. The van der Waals surface area contributed by atoms with Crippen LogP contribution in [0.15, 0.2) is 42.0 Å². The van der Waals surface area contributed by atoms with Gasteiger partial charge >= 0.3 is 0 Å². The Hall–Kier alpha value is -2.36. The van der Waals surface area contributed by atoms with Crippen LogP contribution in [0.2, 0.25) is 0 Å². The van der Waals surface area contributed by atoms with Gasteiger partial charge in [0.25, 0.3) is 0 Å². The van der Waals surface area contributed by atoms with Crippen LogP contribution >= 0.6 is 0 Å². The summed E-state index contributed by atoms with van der Waals surface area (Å²) in [6.45, 7) is 12.3. The number of rotatable bonds is 2. The van der Waals surface area contributed by atoms with Crippen molar-refractivity contribution in [3.05, 3.63) is 70.3 Å². The Bertz CT molecular complexity index is 880. The topological polar surface area (TPSA) is 52.0 Å². The minimum absolute atomic E-state index is 0.0752. The Morgan fingerprint density at radius 1 is 1.11 bits per heavy atom. The van der Waals surface area contributed by atoms with Gasteiger partial charge < -0.3 is 11.5 Å². The van der Waals surface area contributed by atoms with Crippen molar-refractivity contribution >= 4 is 11.4 Å². The molecule has 28 heavy (non-hydrogen) atoms. The molecule has 0 saturated heterocycles. The largest absolute Gasteiger partial charge is 0.398 e. The summed E-state index contributed by atoms with van der Waals surface area (Å²) < 4.78 is 26.7. The average Bonchev–Trinajstić information content (AvgIpc) is 2.83. The predicted molar refractivity (Wildman–Crippen MR) is 116 cm³/mol. The van der Waals surface area contributed by atoms with Gasteiger partial charge in [0.1, 0.15) is 11.6 Å². The maximum Gasteiger partial charge on any atom is 0.127 e. The van der Waals surface area contributed by atoms with E-state index in [0.29, 0.717) is 11.6 Å². The van der Waals surface area contributed by atoms with E-state index in [1.807, 2.05) is 20.8 Å². The van der Waals surface area contributed by atoms with Crippen molar-refractivity contribution in [3.8, 4) is 0 Å². The second-order valence-electron chi connectivity index (χ2n) is 8.72. The average molecular weight is 387 g/mol. The summed E-state index contributed by atoms with van der Waals surface area (Å²) in [5.74, 6) is 0.193. The third kappa shape index (κ3) is 4.73. The van der Waals surface area contributed by atoms with E-state index >= 15 is 0 Å². The Balaban J connectivity index is 0.000000200. The van der Waals surface area contributed by atoms with Gasteiger partial charge in [0.05, 0.1) is 0 Å². The van der Waals surface area contributed by atoms with Gasteiger partial charge in [-0.2, -0.15) is 0 Å². The van der Waals surface area contributed by atoms with E-state index in [2.05, 4.69) is 26.8 Å². The van der Waals surface area contributed by atoms with E-state index in [1.165, 1.54) is 23.8 Å². The quantitative estimate of drug-likeness (QED) is 0.447. The number of anilines is 2. The fraction of sp³-hybridized carbons (Fsp3) is 0.417. The molecule has 0 aliphatic heterocycles. The molecule has 1 aliphatic rings. The molecule has 0 fully saturated rings. The normalized spacial score (nSPS) is 17.9. The number of hydrogen-bond donors (Lipinski definition) is 2. The number of benzene rings is 2. The van der Waals surface area contributed by atoms with E-state index in [1.54, 1.807) is 12.1 Å². The fourth-order valence-electron chi connectivity index (χ4n) is 4.33. The van der Waals surface area contributed by atoms with Crippen LogP contribution in [0.4, 0.5) is 20.2 Å². The molecule has 1 aliphatic carbocycles. The predicted octanol–water partition coefficient (Wildman–Crippen LogP) is 6.67. The standard InChI is InChI=1S/2C12H16FN/c1-7-6-12(2,3)11-8(13)4-5-9(14)10(7)11;1-8(2)6-9(3)11-7-10(13)4-5-12(11)14/h4-5,7H,6,14H2,1-3H3;4-7,9H,14H2,1-3H3. The molecular formula is C24H32F2N2. The zero-order valence-corrected chi connectivity index (χ0v) is 17.7. The SMILES string of the molecule is CC(C)=CC(C)c1cc(F)ccc1N.CC1CC(C)(C)c2c(F)ccc(N)c21. The number of halogens is 2. The molecule has 0 aromatic heterocycles. The second kappa shape index (κ2) is 8.34. The molecule has 2 nitrogen and oxygen atoms in total. The van der Waals surface area contributed by atoms with Gasteiger partial charge in [0.15, 0.2) is 0 Å². The Kier molecular flexibility index (Phi) is 6.53. The molecule has 0 amide bonds. The second-order valence-corrected chi connectivity index (χ2v) is 8.72. The molecule has 2 unspecified atom stereocenters. The summed E-state index contributed by atoms with van der Waals surface area (Å²) in [6, 6.07) is 7.65. The van der Waals surface area contributed by atoms with Crippen molar-refractivity contribution in [2.24, 2.45) is 0 Å². The first-order chi connectivity index (χ1) is 12.9. The summed E-state index contributed by atoms with van der Waals surface area (Å²) in [5.41, 5.74) is 16.9. The van der Waals surface area contributed by atoms with Crippen molar-refractivity contribution in [2.75, 3.05) is 11.5 Å². The number of nitrogens with two attached hydrogens (primary N) is 2. The maximum atomic E-state index is 13.7. The van der Waals surface area contributed by atoms with Crippen molar-refractivity contribution in [1.82, 2.24) is 0 Å². The zero-order valence-electron chi connectivity index (χ0n) is 17.7. The molecule has 152 valence electrons. The molecule has 3 rings (SSSR count). The van der Waals surface area contributed by atoms with E-state index in [0.717, 1.165) is 28.8 Å². The van der Waals surface area contributed by atoms with Crippen molar-refractivity contribution in [1.29, 1.82) is 0 Å². The number of fused-ring (bicyclic) bond motifs is 1. The highest BCUT2D eigenvalue weighted by Crippen LogP contribution is 2.48. The maximum absolute atomic E-state index is 13.7. The monoisotopic (exact) mass is 386 g/mol. The molecule has 0 bridgehead atoms. The first-order valence-corrected chi connectivity index (χ1v) is 9.72. The van der Waals surface area contributed by atoms with Crippen LogP contribution in [0.3, 0.4) is 0 Å². The van der Waals surface area contributed by atoms with Crippen molar-refractivity contribution < 1.29 is 8.78 Å². The molecule has 2 aromatic rings. The smallest absolute Gasteiger partial charge is 0.127 e. The number of nitrogen functional groups attached to an aromatic ring is 2. The highest BCUT2D eigenvalue weighted by Gasteiger charge is 2.38. The lowest BCUT2D eigenvalue weighted by Crippen LogP contribution is -2.14. The lowest BCUT2D eigenvalue weighted by atomic mass is 9.86. The van der Waals surface area contributed by atoms with Crippen LogP contribution in [-0.2, 0) is 5.41 Å². The van der Waals surface area contributed by atoms with Crippen LogP contribution in [-0.4, -0.2) is 0 Å². The Morgan fingerprint density at radius 3 is 2.29 bits per heavy atom. The highest BCUT2D eigenvalue weighted by molar-refractivity contribution is 5.58. The van der Waals surface area contributed by atoms with Gasteiger partial charge in [0.2, 0.25) is 0 Å². The lowest BCUT2D eigenvalue weighted by molar-refractivity contribution is 0.467. The van der Waals surface area contributed by atoms with Crippen LogP contribution < -0.4 is 11.5 Å². The summed E-state index contributed by atoms with van der Waals surface area (Å²) in [4.78, 5) is 0. The zero-order chi connectivity index (χ0) is 21.2. The first kappa shape index (κ1) is 21.9. The molecule has 0 heterocycles. The minimum atomic E-state index is -0.233. The van der Waals surface area contributed by atoms with Gasteiger partial charge in [-0.1, -0.05) is 39.3 Å². The minimum Gasteiger partial charge on any atom is -0.398 e. The van der Waals surface area contributed by atoms with Crippen LogP contribution in [0.1, 0.15) is 76.5 Å². The van der Waals surface area contributed by atoms with Gasteiger partial charge in [-0.25, -0.2) is 8.78 Å². The van der Waals surface area contributed by atoms with Gasteiger partial charge in [-0.05, 0) is 78.6 Å². The summed E-state index contributed by atoms with van der Waals surface area (Å²) in [6.07, 6.45) is 3.05. The van der Waals surface area contributed by atoms with Crippen LogP contribution in [0, 0.1) is 11.6 Å². The summed E-state index contributed by atoms with van der Waals surface area (Å²) in [5, 5.41) is 0. The van der Waals surface area contributed by atoms with Crippen LogP contribution in [0.25, 0.3) is 0 Å². The lowest BCUT2D eigenvalue weighted by Gasteiger charge is -2.19. The van der Waals surface area contributed by atoms with Gasteiger partial charge in [-0.15, -0.1) is 0 Å². The number of allylic oxidation sites excluding steroid dienone is 2. The Labute approximate surface area is 167 Å². The van der Waals surface area contributed by atoms with Crippen molar-refractivity contribution in [3.63, 3.8) is 0 Å². The third-order valence-corrected chi connectivity index (χ3v) is 5.34. The summed E-state index contributed by atoms with van der Waals surface area (Å²) >= 11 is 0. The molecule has 0 radical (unpaired) electrons. The molecule has 0 saturated carbocycles. The number of hydrogen-bond acceptors (Lipinski definition) is 2. The highest BCUT2D eigenvalue weighted by atomic mass is 19.1. The molecule has 0 spiro atoms. The first-order valence-electron chi connectivity index (χ1n) is 9.72. The van der Waals surface area contributed by atoms with Crippen molar-refractivity contribution in [2.45, 2.75) is 65.2 Å². The van der Waals surface area contributed by atoms with Crippen LogP contribution in [0.5, 0.6) is 0 Å². The van der Waals surface area contributed by atoms with Gasteiger partial charge in [-0.3, -0.25) is 0 Å². The summed E-state index contributed by atoms with van der Waals surface area (Å²) in [7, 11) is 0. The molecule has 4 N–H and O–H groups in total. The molecule has 2 atom stereocenters. The molecular weight excluding hydrogens is 354 g/mol. The fourth-order valence-corrected chi connectivity index (χ4v) is 4.33. The van der Waals surface area contributed by atoms with E-state index < -0.39 is 0 Å². The van der Waals surface area contributed by atoms with Gasteiger partial charge in [0, 0.05) is 17.3 Å². The Morgan fingerprint density at radius 2 is 1.71 bits per heavy atom. The van der Waals surface area contributed by atoms with E-state index in [4.69, 9.17) is 11.5 Å². The molecule has 2 aromatic carbocycles. The van der Waals surface area contributed by atoms with E-state index in [-0.39, 0.29) is 23.0 Å². The van der Waals surface area contributed by atoms with E-state index in [9.17, 15) is 8.78 Å².